The highest BCUT2D eigenvalue weighted by atomic mass is 32.2. The van der Waals surface area contributed by atoms with E-state index in [4.69, 9.17) is 4.74 Å². The van der Waals surface area contributed by atoms with Crippen molar-refractivity contribution >= 4 is 16.0 Å². The summed E-state index contributed by atoms with van der Waals surface area (Å²) >= 11 is 0. The molecule has 0 amide bonds. The molecule has 1 aromatic carbocycles. The van der Waals surface area contributed by atoms with Crippen molar-refractivity contribution in [2.24, 2.45) is 4.99 Å². The van der Waals surface area contributed by atoms with Gasteiger partial charge in [0, 0.05) is 32.0 Å². The predicted octanol–water partition coefficient (Wildman–Crippen LogP) is 1.71. The second-order valence-corrected chi connectivity index (χ2v) is 8.75. The second kappa shape index (κ2) is 10.5. The molecule has 30 heavy (non-hydrogen) atoms. The molecule has 1 fully saturated rings. The monoisotopic (exact) mass is 431 g/mol. The Morgan fingerprint density at radius 1 is 1.30 bits per heavy atom. The lowest BCUT2D eigenvalue weighted by Gasteiger charge is -2.35. The van der Waals surface area contributed by atoms with Crippen molar-refractivity contribution in [2.45, 2.75) is 24.8 Å². The van der Waals surface area contributed by atoms with Gasteiger partial charge in [-0.3, -0.25) is 9.98 Å². The topological polar surface area (TPSA) is 95.9 Å². The number of rotatable bonds is 7. The van der Waals surface area contributed by atoms with Crippen LogP contribution in [0.25, 0.3) is 0 Å². The highest BCUT2D eigenvalue weighted by molar-refractivity contribution is 7.89. The molecule has 0 radical (unpaired) electrons. The molecule has 1 saturated heterocycles. The zero-order chi connectivity index (χ0) is 21.4. The number of hydrogen-bond acceptors (Lipinski definition) is 5. The van der Waals surface area contributed by atoms with Gasteiger partial charge in [0.15, 0.2) is 5.96 Å². The summed E-state index contributed by atoms with van der Waals surface area (Å²) in [7, 11) is -3.58. The van der Waals surface area contributed by atoms with Crippen LogP contribution in [0, 0.1) is 6.92 Å². The molecular weight excluding hydrogens is 402 g/mol. The standard InChI is InChI=1S/C21H29N5O3S/c1-3-23-21(24-11-12-25-30(27,28)18-8-6-10-22-15-18)26-13-14-29-20(16-26)19-9-5-4-7-17(19)2/h4-10,15,20,25H,3,11-14,16H2,1-2H3,(H,23,24). The third-order valence-electron chi connectivity index (χ3n) is 4.85. The smallest absolute Gasteiger partial charge is 0.242 e. The lowest BCUT2D eigenvalue weighted by Crippen LogP contribution is -2.48. The van der Waals surface area contributed by atoms with Gasteiger partial charge in [-0.15, -0.1) is 0 Å². The van der Waals surface area contributed by atoms with E-state index in [2.05, 4.69) is 44.0 Å². The van der Waals surface area contributed by atoms with Gasteiger partial charge in [0.25, 0.3) is 0 Å². The van der Waals surface area contributed by atoms with E-state index in [9.17, 15) is 8.42 Å². The molecule has 1 atom stereocenters. The summed E-state index contributed by atoms with van der Waals surface area (Å²) in [6.07, 6.45) is 2.85. The van der Waals surface area contributed by atoms with Crippen LogP contribution in [0.4, 0.5) is 0 Å². The number of guanidine groups is 1. The molecule has 3 rings (SSSR count). The summed E-state index contributed by atoms with van der Waals surface area (Å²) in [5.74, 6) is 0.764. The van der Waals surface area contributed by atoms with Gasteiger partial charge in [0.05, 0.1) is 19.7 Å². The molecule has 0 spiro atoms. The average molecular weight is 432 g/mol. The summed E-state index contributed by atoms with van der Waals surface area (Å²) in [5.41, 5.74) is 2.39. The van der Waals surface area contributed by atoms with Crippen LogP contribution >= 0.6 is 0 Å². The van der Waals surface area contributed by atoms with Crippen LogP contribution < -0.4 is 10.0 Å². The normalized spacial score (nSPS) is 17.7. The lowest BCUT2D eigenvalue weighted by atomic mass is 10.0. The molecule has 1 aliphatic rings. The van der Waals surface area contributed by atoms with Crippen LogP contribution in [0.15, 0.2) is 58.7 Å². The number of aryl methyl sites for hydroxylation is 1. The fourth-order valence-electron chi connectivity index (χ4n) is 3.33. The molecule has 1 unspecified atom stereocenters. The van der Waals surface area contributed by atoms with E-state index in [0.717, 1.165) is 19.0 Å². The Hall–Kier alpha value is -2.49. The van der Waals surface area contributed by atoms with Crippen molar-refractivity contribution in [3.05, 3.63) is 59.9 Å². The Morgan fingerprint density at radius 2 is 2.13 bits per heavy atom. The Bertz CT molecular complexity index is 950. The van der Waals surface area contributed by atoms with Crippen molar-refractivity contribution < 1.29 is 13.2 Å². The number of sulfonamides is 1. The third-order valence-corrected chi connectivity index (χ3v) is 6.29. The van der Waals surface area contributed by atoms with Gasteiger partial charge >= 0.3 is 0 Å². The molecule has 0 bridgehead atoms. The fraction of sp³-hybridized carbons (Fsp3) is 0.429. The van der Waals surface area contributed by atoms with Crippen LogP contribution in [0.3, 0.4) is 0 Å². The van der Waals surface area contributed by atoms with E-state index in [0.29, 0.717) is 19.7 Å². The van der Waals surface area contributed by atoms with Crippen LogP contribution in [0.5, 0.6) is 0 Å². The van der Waals surface area contributed by atoms with E-state index >= 15 is 0 Å². The van der Waals surface area contributed by atoms with E-state index in [1.54, 1.807) is 12.3 Å². The molecule has 162 valence electrons. The lowest BCUT2D eigenvalue weighted by molar-refractivity contribution is -0.00832. The van der Waals surface area contributed by atoms with E-state index in [1.807, 2.05) is 19.1 Å². The fourth-order valence-corrected chi connectivity index (χ4v) is 4.32. The van der Waals surface area contributed by atoms with Crippen LogP contribution in [0.2, 0.25) is 0 Å². The number of aliphatic imine (C=N–C) groups is 1. The number of benzene rings is 1. The van der Waals surface area contributed by atoms with Crippen LogP contribution in [-0.4, -0.2) is 63.6 Å². The minimum absolute atomic E-state index is 0.0205. The number of pyridine rings is 1. The largest absolute Gasteiger partial charge is 0.370 e. The molecule has 8 nitrogen and oxygen atoms in total. The average Bonchev–Trinajstić information content (AvgIpc) is 2.77. The first-order valence-electron chi connectivity index (χ1n) is 10.1. The summed E-state index contributed by atoms with van der Waals surface area (Å²) < 4.78 is 33.2. The van der Waals surface area contributed by atoms with Crippen molar-refractivity contribution in [3.63, 3.8) is 0 Å². The van der Waals surface area contributed by atoms with Crippen molar-refractivity contribution in [1.29, 1.82) is 0 Å². The number of hydrogen-bond donors (Lipinski definition) is 2. The van der Waals surface area contributed by atoms with Crippen molar-refractivity contribution in [2.75, 3.05) is 39.3 Å². The maximum atomic E-state index is 12.3. The third kappa shape index (κ3) is 5.78. The first-order valence-corrected chi connectivity index (χ1v) is 11.6. The summed E-state index contributed by atoms with van der Waals surface area (Å²) in [6, 6.07) is 11.4. The van der Waals surface area contributed by atoms with Crippen LogP contribution in [0.1, 0.15) is 24.2 Å². The minimum Gasteiger partial charge on any atom is -0.370 e. The number of ether oxygens (including phenoxy) is 1. The number of nitrogens with zero attached hydrogens (tertiary/aromatic N) is 3. The van der Waals surface area contributed by atoms with Gasteiger partial charge in [-0.25, -0.2) is 13.1 Å². The molecule has 0 aliphatic carbocycles. The highest BCUT2D eigenvalue weighted by Gasteiger charge is 2.25. The number of aromatic nitrogens is 1. The molecule has 9 heteroatoms. The van der Waals surface area contributed by atoms with Gasteiger partial charge in [0.2, 0.25) is 10.0 Å². The maximum absolute atomic E-state index is 12.3. The van der Waals surface area contributed by atoms with E-state index in [-0.39, 0.29) is 17.5 Å². The molecule has 1 aliphatic heterocycles. The Kier molecular flexibility index (Phi) is 7.78. The van der Waals surface area contributed by atoms with E-state index in [1.165, 1.54) is 23.4 Å². The predicted molar refractivity (Wildman–Crippen MR) is 117 cm³/mol. The minimum atomic E-state index is -3.58. The van der Waals surface area contributed by atoms with E-state index < -0.39 is 10.0 Å². The Balaban J connectivity index is 1.62. The van der Waals surface area contributed by atoms with Gasteiger partial charge in [-0.05, 0) is 37.1 Å². The molecule has 2 aromatic rings. The highest BCUT2D eigenvalue weighted by Crippen LogP contribution is 2.24. The first-order chi connectivity index (χ1) is 14.5. The van der Waals surface area contributed by atoms with Crippen LogP contribution in [-0.2, 0) is 14.8 Å². The van der Waals surface area contributed by atoms with Gasteiger partial charge in [-0.1, -0.05) is 24.3 Å². The summed E-state index contributed by atoms with van der Waals surface area (Å²) in [4.78, 5) is 10.8. The SMILES string of the molecule is CCNC(=NCCNS(=O)(=O)c1cccnc1)N1CCOC(c2ccccc2C)C1. The second-order valence-electron chi connectivity index (χ2n) is 6.98. The zero-order valence-corrected chi connectivity index (χ0v) is 18.2. The summed E-state index contributed by atoms with van der Waals surface area (Å²) in [6.45, 7) is 7.40. The summed E-state index contributed by atoms with van der Waals surface area (Å²) in [5, 5.41) is 3.30. The quantitative estimate of drug-likeness (QED) is 0.394. The Labute approximate surface area is 178 Å². The maximum Gasteiger partial charge on any atom is 0.242 e. The zero-order valence-electron chi connectivity index (χ0n) is 17.4. The molecule has 2 N–H and O–H groups in total. The number of nitrogens with one attached hydrogen (secondary N) is 2. The molecule has 0 saturated carbocycles. The van der Waals surface area contributed by atoms with Crippen molar-refractivity contribution in [3.8, 4) is 0 Å². The first kappa shape index (κ1) is 22.2. The number of morpholine rings is 1. The molecular formula is C21H29N5O3S. The molecule has 2 heterocycles. The van der Waals surface area contributed by atoms with Gasteiger partial charge in [0.1, 0.15) is 11.0 Å². The Morgan fingerprint density at radius 3 is 2.87 bits per heavy atom. The van der Waals surface area contributed by atoms with Gasteiger partial charge in [-0.2, -0.15) is 0 Å². The van der Waals surface area contributed by atoms with Crippen molar-refractivity contribution in [1.82, 2.24) is 19.9 Å². The van der Waals surface area contributed by atoms with Gasteiger partial charge < -0.3 is 15.0 Å². The molecule has 1 aromatic heterocycles.